The van der Waals surface area contributed by atoms with Crippen LogP contribution in [-0.4, -0.2) is 38.8 Å². The first-order valence-electron chi connectivity index (χ1n) is 5.23. The molecular weight excluding hydrogens is 214 g/mol. The molecule has 1 fully saturated rings. The Balaban J connectivity index is 1.94. The van der Waals surface area contributed by atoms with Gasteiger partial charge in [0.2, 0.25) is 0 Å². The lowest BCUT2D eigenvalue weighted by molar-refractivity contribution is 0.0776. The van der Waals surface area contributed by atoms with E-state index in [4.69, 9.17) is 11.6 Å². The summed E-state index contributed by atoms with van der Waals surface area (Å²) >= 11 is 5.91. The summed E-state index contributed by atoms with van der Waals surface area (Å²) in [7, 11) is 1.92. The predicted molar refractivity (Wildman–Crippen MR) is 58.7 cm³/mol. The Morgan fingerprint density at radius 3 is 2.73 bits per heavy atom. The minimum absolute atomic E-state index is 0.119. The smallest absolute Gasteiger partial charge is 0.128 e. The number of hydrogen-bond donors (Lipinski definition) is 1. The lowest BCUT2D eigenvalue weighted by atomic mass is 10.1. The van der Waals surface area contributed by atoms with Gasteiger partial charge in [-0.15, -0.1) is 0 Å². The van der Waals surface area contributed by atoms with Gasteiger partial charge in [0.25, 0.3) is 0 Å². The molecular formula is C10H16ClN3O. The van der Waals surface area contributed by atoms with Gasteiger partial charge in [-0.3, -0.25) is 4.90 Å². The number of hydrogen-bond acceptors (Lipinski definition) is 3. The van der Waals surface area contributed by atoms with E-state index in [1.165, 1.54) is 0 Å². The molecule has 84 valence electrons. The van der Waals surface area contributed by atoms with Gasteiger partial charge in [0.15, 0.2) is 0 Å². The quantitative estimate of drug-likeness (QED) is 0.824. The van der Waals surface area contributed by atoms with E-state index in [-0.39, 0.29) is 6.10 Å². The number of aromatic nitrogens is 2. The summed E-state index contributed by atoms with van der Waals surface area (Å²) in [6.45, 7) is 2.69. The number of imidazole rings is 1. The van der Waals surface area contributed by atoms with Gasteiger partial charge in [-0.25, -0.2) is 4.98 Å². The summed E-state index contributed by atoms with van der Waals surface area (Å²) in [5, 5.41) is 10.1. The highest BCUT2D eigenvalue weighted by molar-refractivity contribution is 6.29. The number of aliphatic hydroxyl groups is 1. The SMILES string of the molecule is Cn1c(Cl)cnc1CN1CCC(O)CC1. The first-order chi connectivity index (χ1) is 7.16. The standard InChI is InChI=1S/C10H16ClN3O/c1-13-9(11)6-12-10(13)7-14-4-2-8(15)3-5-14/h6,8,15H,2-5,7H2,1H3. The fourth-order valence-corrected chi connectivity index (χ4v) is 1.99. The van der Waals surface area contributed by atoms with Crippen LogP contribution in [0, 0.1) is 0 Å². The lowest BCUT2D eigenvalue weighted by Crippen LogP contribution is -2.35. The van der Waals surface area contributed by atoms with Gasteiger partial charge >= 0.3 is 0 Å². The average Bonchev–Trinajstić information content (AvgIpc) is 2.53. The summed E-state index contributed by atoms with van der Waals surface area (Å²) in [5.41, 5.74) is 0. The van der Waals surface area contributed by atoms with E-state index in [0.29, 0.717) is 5.15 Å². The van der Waals surface area contributed by atoms with E-state index in [1.54, 1.807) is 6.20 Å². The fourth-order valence-electron chi connectivity index (χ4n) is 1.85. The molecule has 0 amide bonds. The molecule has 1 aliphatic rings. The van der Waals surface area contributed by atoms with Gasteiger partial charge in [-0.1, -0.05) is 11.6 Å². The Morgan fingerprint density at radius 2 is 2.20 bits per heavy atom. The molecule has 2 rings (SSSR count). The zero-order valence-electron chi connectivity index (χ0n) is 8.86. The summed E-state index contributed by atoms with van der Waals surface area (Å²) in [6.07, 6.45) is 3.28. The molecule has 1 aromatic heterocycles. The lowest BCUT2D eigenvalue weighted by Gasteiger charge is -2.28. The van der Waals surface area contributed by atoms with Crippen LogP contribution in [0.3, 0.4) is 0 Å². The Morgan fingerprint density at radius 1 is 1.53 bits per heavy atom. The number of nitrogens with zero attached hydrogens (tertiary/aromatic N) is 3. The van der Waals surface area contributed by atoms with Crippen molar-refractivity contribution in [2.45, 2.75) is 25.5 Å². The molecule has 0 atom stereocenters. The molecule has 0 bridgehead atoms. The molecule has 0 radical (unpaired) electrons. The topological polar surface area (TPSA) is 41.3 Å². The van der Waals surface area contributed by atoms with Crippen LogP contribution in [0.25, 0.3) is 0 Å². The van der Waals surface area contributed by atoms with E-state index >= 15 is 0 Å². The zero-order chi connectivity index (χ0) is 10.8. The van der Waals surface area contributed by atoms with Gasteiger partial charge in [0.1, 0.15) is 11.0 Å². The number of aliphatic hydroxyl groups excluding tert-OH is 1. The monoisotopic (exact) mass is 229 g/mol. The molecule has 1 aromatic rings. The van der Waals surface area contributed by atoms with Crippen LogP contribution < -0.4 is 0 Å². The molecule has 15 heavy (non-hydrogen) atoms. The first-order valence-corrected chi connectivity index (χ1v) is 5.61. The molecule has 0 unspecified atom stereocenters. The van der Waals surface area contributed by atoms with Crippen LogP contribution in [-0.2, 0) is 13.6 Å². The van der Waals surface area contributed by atoms with Crippen molar-refractivity contribution in [1.29, 1.82) is 0 Å². The van der Waals surface area contributed by atoms with Crippen molar-refractivity contribution in [3.63, 3.8) is 0 Å². The Kier molecular flexibility index (Phi) is 3.29. The Labute approximate surface area is 94.5 Å². The highest BCUT2D eigenvalue weighted by atomic mass is 35.5. The molecule has 0 aromatic carbocycles. The van der Waals surface area contributed by atoms with E-state index in [0.717, 1.165) is 38.3 Å². The molecule has 0 saturated carbocycles. The van der Waals surface area contributed by atoms with Crippen molar-refractivity contribution < 1.29 is 5.11 Å². The van der Waals surface area contributed by atoms with Crippen LogP contribution in [0.5, 0.6) is 0 Å². The van der Waals surface area contributed by atoms with Gasteiger partial charge < -0.3 is 9.67 Å². The fraction of sp³-hybridized carbons (Fsp3) is 0.700. The van der Waals surface area contributed by atoms with Crippen LogP contribution >= 0.6 is 11.6 Å². The summed E-state index contributed by atoms with van der Waals surface area (Å²) in [4.78, 5) is 6.55. The van der Waals surface area contributed by atoms with Gasteiger partial charge in [0, 0.05) is 20.1 Å². The highest BCUT2D eigenvalue weighted by Gasteiger charge is 2.18. The van der Waals surface area contributed by atoms with E-state index in [9.17, 15) is 5.11 Å². The van der Waals surface area contributed by atoms with Crippen molar-refractivity contribution in [3.05, 3.63) is 17.2 Å². The maximum absolute atomic E-state index is 9.38. The zero-order valence-corrected chi connectivity index (χ0v) is 9.61. The summed E-state index contributed by atoms with van der Waals surface area (Å²) < 4.78 is 1.90. The molecule has 0 spiro atoms. The Hall–Kier alpha value is -0.580. The third kappa shape index (κ3) is 2.51. The second-order valence-electron chi connectivity index (χ2n) is 4.06. The Bertz CT molecular complexity index is 331. The molecule has 0 aliphatic carbocycles. The summed E-state index contributed by atoms with van der Waals surface area (Å²) in [5.74, 6) is 0.983. The molecule has 1 N–H and O–H groups in total. The first kappa shape index (κ1) is 10.9. The molecule has 5 heteroatoms. The van der Waals surface area contributed by atoms with Crippen LogP contribution in [0.2, 0.25) is 5.15 Å². The normalized spacial score (nSPS) is 19.7. The third-order valence-corrected chi connectivity index (χ3v) is 3.30. The van der Waals surface area contributed by atoms with Crippen LogP contribution in [0.1, 0.15) is 18.7 Å². The predicted octanol–water partition coefficient (Wildman–Crippen LogP) is 1.03. The average molecular weight is 230 g/mol. The van der Waals surface area contributed by atoms with Crippen molar-refractivity contribution in [1.82, 2.24) is 14.5 Å². The molecule has 2 heterocycles. The molecule has 4 nitrogen and oxygen atoms in total. The third-order valence-electron chi connectivity index (χ3n) is 2.95. The number of likely N-dealkylation sites (tertiary alicyclic amines) is 1. The van der Waals surface area contributed by atoms with Gasteiger partial charge in [-0.2, -0.15) is 0 Å². The molecule has 1 saturated heterocycles. The second-order valence-corrected chi connectivity index (χ2v) is 4.45. The minimum atomic E-state index is -0.119. The largest absolute Gasteiger partial charge is 0.393 e. The highest BCUT2D eigenvalue weighted by Crippen LogP contribution is 2.15. The number of rotatable bonds is 2. The number of halogens is 1. The van der Waals surface area contributed by atoms with Crippen molar-refractivity contribution in [3.8, 4) is 0 Å². The van der Waals surface area contributed by atoms with E-state index in [2.05, 4.69) is 9.88 Å². The maximum atomic E-state index is 9.38. The van der Waals surface area contributed by atoms with Gasteiger partial charge in [-0.05, 0) is 12.8 Å². The maximum Gasteiger partial charge on any atom is 0.128 e. The minimum Gasteiger partial charge on any atom is -0.393 e. The summed E-state index contributed by atoms with van der Waals surface area (Å²) in [6, 6.07) is 0. The van der Waals surface area contributed by atoms with Crippen LogP contribution in [0.15, 0.2) is 6.20 Å². The molecule has 1 aliphatic heterocycles. The van der Waals surface area contributed by atoms with Gasteiger partial charge in [0.05, 0.1) is 18.8 Å². The van der Waals surface area contributed by atoms with Crippen molar-refractivity contribution in [2.75, 3.05) is 13.1 Å². The second kappa shape index (κ2) is 4.51. The van der Waals surface area contributed by atoms with E-state index in [1.807, 2.05) is 11.6 Å². The van der Waals surface area contributed by atoms with Crippen molar-refractivity contribution in [2.24, 2.45) is 7.05 Å². The van der Waals surface area contributed by atoms with Crippen molar-refractivity contribution >= 4 is 11.6 Å². The van der Waals surface area contributed by atoms with E-state index < -0.39 is 0 Å². The van der Waals surface area contributed by atoms with Crippen LogP contribution in [0.4, 0.5) is 0 Å². The number of piperidine rings is 1.